The maximum atomic E-state index is 13.3. The van der Waals surface area contributed by atoms with E-state index in [1.54, 1.807) is 12.1 Å². The van der Waals surface area contributed by atoms with Gasteiger partial charge in [-0.05, 0) is 24.3 Å². The number of ether oxygens (including phenoxy) is 1. The number of nitrogens with zero attached hydrogens (tertiary/aromatic N) is 1. The second kappa shape index (κ2) is 9.09. The van der Waals surface area contributed by atoms with Gasteiger partial charge >= 0.3 is 0 Å². The minimum atomic E-state index is -0.627. The van der Waals surface area contributed by atoms with Crippen molar-refractivity contribution in [1.82, 2.24) is 5.32 Å². The topological polar surface area (TPSA) is 85.9 Å². The Morgan fingerprint density at radius 1 is 1.25 bits per heavy atom. The lowest BCUT2D eigenvalue weighted by atomic mass is 10.0. The molecule has 2 N–H and O–H groups in total. The van der Waals surface area contributed by atoms with Gasteiger partial charge in [-0.25, -0.2) is 4.39 Å². The molecule has 2 aromatic rings. The summed E-state index contributed by atoms with van der Waals surface area (Å²) in [6.45, 7) is 3.07. The number of nitrogens with one attached hydrogen (secondary N) is 2. The molecule has 0 bridgehead atoms. The van der Waals surface area contributed by atoms with E-state index in [0.717, 1.165) is 24.7 Å². The zero-order valence-corrected chi connectivity index (χ0v) is 15.7. The van der Waals surface area contributed by atoms with Gasteiger partial charge in [0.25, 0.3) is 11.6 Å². The monoisotopic (exact) mass is 408 g/mol. The van der Waals surface area contributed by atoms with Crippen molar-refractivity contribution in [2.45, 2.75) is 6.04 Å². The van der Waals surface area contributed by atoms with Crippen LogP contribution >= 0.6 is 11.6 Å². The van der Waals surface area contributed by atoms with Crippen molar-refractivity contribution in [3.8, 4) is 0 Å². The summed E-state index contributed by atoms with van der Waals surface area (Å²) in [5.74, 6) is -0.753. The van der Waals surface area contributed by atoms with Gasteiger partial charge in [0.2, 0.25) is 0 Å². The first kappa shape index (κ1) is 20.2. The maximum absolute atomic E-state index is 13.3. The molecular formula is C19H20ClFN3O4+. The lowest BCUT2D eigenvalue weighted by Gasteiger charge is -2.32. The number of carbonyl (C=O) groups is 1. The van der Waals surface area contributed by atoms with Gasteiger partial charge in [0.05, 0.1) is 24.7 Å². The van der Waals surface area contributed by atoms with E-state index in [1.165, 1.54) is 29.2 Å². The fourth-order valence-electron chi connectivity index (χ4n) is 3.27. The van der Waals surface area contributed by atoms with E-state index in [9.17, 15) is 19.3 Å². The average Bonchev–Trinajstić information content (AvgIpc) is 2.70. The van der Waals surface area contributed by atoms with Crippen molar-refractivity contribution >= 4 is 23.2 Å². The van der Waals surface area contributed by atoms with Gasteiger partial charge in [0, 0.05) is 17.2 Å². The molecule has 1 fully saturated rings. The first-order valence-electron chi connectivity index (χ1n) is 8.85. The molecule has 0 unspecified atom stereocenters. The predicted molar refractivity (Wildman–Crippen MR) is 101 cm³/mol. The molecule has 3 rings (SSSR count). The summed E-state index contributed by atoms with van der Waals surface area (Å²) < 4.78 is 18.7. The molecule has 1 aliphatic heterocycles. The van der Waals surface area contributed by atoms with E-state index in [4.69, 9.17) is 16.3 Å². The Bertz CT molecular complexity index is 857. The number of morpholine rings is 1. The Kier molecular flexibility index (Phi) is 6.56. The van der Waals surface area contributed by atoms with Crippen molar-refractivity contribution in [1.29, 1.82) is 0 Å². The van der Waals surface area contributed by atoms with Crippen LogP contribution in [0.4, 0.5) is 10.1 Å². The van der Waals surface area contributed by atoms with Gasteiger partial charge in [0.15, 0.2) is 0 Å². The van der Waals surface area contributed by atoms with Crippen molar-refractivity contribution < 1.29 is 23.7 Å². The molecule has 0 radical (unpaired) electrons. The highest BCUT2D eigenvalue weighted by molar-refractivity contribution is 6.32. The zero-order chi connectivity index (χ0) is 20.1. The Balaban J connectivity index is 1.75. The van der Waals surface area contributed by atoms with Gasteiger partial charge < -0.3 is 15.0 Å². The van der Waals surface area contributed by atoms with Crippen molar-refractivity contribution in [3.63, 3.8) is 0 Å². The van der Waals surface area contributed by atoms with Gasteiger partial charge in [-0.3, -0.25) is 14.9 Å². The zero-order valence-electron chi connectivity index (χ0n) is 15.0. The Labute approximate surface area is 166 Å². The van der Waals surface area contributed by atoms with E-state index in [1.807, 2.05) is 0 Å². The fraction of sp³-hybridized carbons (Fsp3) is 0.316. The first-order valence-corrected chi connectivity index (χ1v) is 9.23. The summed E-state index contributed by atoms with van der Waals surface area (Å²) in [6.07, 6.45) is 0. The number of carbonyl (C=O) groups excluding carboxylic acids is 1. The van der Waals surface area contributed by atoms with Crippen molar-refractivity contribution in [3.05, 3.63) is 74.5 Å². The number of nitro benzene ring substituents is 1. The number of halogens is 2. The van der Waals surface area contributed by atoms with Crippen LogP contribution in [0, 0.1) is 15.9 Å². The summed E-state index contributed by atoms with van der Waals surface area (Å²) >= 11 is 5.80. The third kappa shape index (κ3) is 4.83. The van der Waals surface area contributed by atoms with Crippen LogP contribution in [0.3, 0.4) is 0 Å². The Hall–Kier alpha value is -2.55. The molecule has 0 spiro atoms. The van der Waals surface area contributed by atoms with Crippen LogP contribution in [0.1, 0.15) is 22.0 Å². The number of amides is 1. The summed E-state index contributed by atoms with van der Waals surface area (Å²) in [4.78, 5) is 24.2. The molecule has 1 amide bonds. The molecule has 0 aromatic heterocycles. The fourth-order valence-corrected chi connectivity index (χ4v) is 3.45. The second-order valence-corrected chi connectivity index (χ2v) is 6.92. The van der Waals surface area contributed by atoms with Crippen LogP contribution in [-0.2, 0) is 4.74 Å². The third-order valence-corrected chi connectivity index (χ3v) is 5.09. The van der Waals surface area contributed by atoms with E-state index >= 15 is 0 Å². The van der Waals surface area contributed by atoms with E-state index in [-0.39, 0.29) is 28.1 Å². The molecule has 2 aromatic carbocycles. The summed E-state index contributed by atoms with van der Waals surface area (Å²) in [5, 5.41) is 13.8. The normalized spacial score (nSPS) is 15.8. The van der Waals surface area contributed by atoms with Crippen LogP contribution in [0.2, 0.25) is 5.02 Å². The molecule has 28 heavy (non-hydrogen) atoms. The number of nitro groups is 1. The highest BCUT2D eigenvalue weighted by atomic mass is 35.5. The minimum absolute atomic E-state index is 0.0245. The Morgan fingerprint density at radius 3 is 2.57 bits per heavy atom. The quantitative estimate of drug-likeness (QED) is 0.563. The molecule has 1 atom stereocenters. The highest BCUT2D eigenvalue weighted by Gasteiger charge is 2.27. The molecule has 1 saturated heterocycles. The summed E-state index contributed by atoms with van der Waals surface area (Å²) in [5.41, 5.74) is 0.745. The molecule has 148 valence electrons. The standard InChI is InChI=1S/C19H19ClFN3O4/c20-16-6-3-14(11-17(16)24(26)27)19(25)22-12-18(23-7-9-28-10-8-23)13-1-4-15(21)5-2-13/h1-6,11,18H,7-10,12H2,(H,22,25)/p+1/t18-/m0/s1. The van der Waals surface area contributed by atoms with E-state index < -0.39 is 10.8 Å². The van der Waals surface area contributed by atoms with Crippen LogP contribution < -0.4 is 10.2 Å². The molecular weight excluding hydrogens is 389 g/mol. The Morgan fingerprint density at radius 2 is 1.93 bits per heavy atom. The molecule has 0 aliphatic carbocycles. The predicted octanol–water partition coefficient (Wildman–Crippen LogP) is 1.77. The first-order chi connectivity index (χ1) is 13.5. The molecule has 7 nitrogen and oxygen atoms in total. The number of quaternary nitrogens is 1. The number of hydrogen-bond acceptors (Lipinski definition) is 4. The number of hydrogen-bond donors (Lipinski definition) is 2. The van der Waals surface area contributed by atoms with Crippen LogP contribution in [-0.4, -0.2) is 43.7 Å². The third-order valence-electron chi connectivity index (χ3n) is 4.77. The second-order valence-electron chi connectivity index (χ2n) is 6.51. The van der Waals surface area contributed by atoms with Gasteiger partial charge in [0.1, 0.15) is 30.0 Å². The van der Waals surface area contributed by atoms with Gasteiger partial charge in [-0.2, -0.15) is 0 Å². The smallest absolute Gasteiger partial charge is 0.288 e. The largest absolute Gasteiger partial charge is 0.370 e. The van der Waals surface area contributed by atoms with Gasteiger partial charge in [-0.15, -0.1) is 0 Å². The lowest BCUT2D eigenvalue weighted by molar-refractivity contribution is -0.937. The lowest BCUT2D eigenvalue weighted by Crippen LogP contribution is -3.15. The average molecular weight is 409 g/mol. The SMILES string of the molecule is O=C(NC[C@@H](c1ccc(F)cc1)[NH+]1CCOCC1)c1ccc(Cl)c([N+](=O)[O-])c1. The highest BCUT2D eigenvalue weighted by Crippen LogP contribution is 2.25. The van der Waals surface area contributed by atoms with E-state index in [0.29, 0.717) is 19.8 Å². The van der Waals surface area contributed by atoms with Gasteiger partial charge in [-0.1, -0.05) is 23.7 Å². The van der Waals surface area contributed by atoms with Crippen LogP contribution in [0.5, 0.6) is 0 Å². The molecule has 1 heterocycles. The maximum Gasteiger partial charge on any atom is 0.288 e. The van der Waals surface area contributed by atoms with Crippen LogP contribution in [0.25, 0.3) is 0 Å². The molecule has 9 heteroatoms. The van der Waals surface area contributed by atoms with E-state index in [2.05, 4.69) is 5.32 Å². The van der Waals surface area contributed by atoms with Crippen molar-refractivity contribution in [2.24, 2.45) is 0 Å². The number of benzene rings is 2. The summed E-state index contributed by atoms with van der Waals surface area (Å²) in [7, 11) is 0. The molecule has 0 saturated carbocycles. The molecule has 1 aliphatic rings. The number of rotatable bonds is 6. The summed E-state index contributed by atoms with van der Waals surface area (Å²) in [6, 6.07) is 10.1. The van der Waals surface area contributed by atoms with Crippen molar-refractivity contribution in [2.75, 3.05) is 32.8 Å². The van der Waals surface area contributed by atoms with Crippen LogP contribution in [0.15, 0.2) is 42.5 Å². The minimum Gasteiger partial charge on any atom is -0.370 e.